The highest BCUT2D eigenvalue weighted by Crippen LogP contribution is 2.17. The van der Waals surface area contributed by atoms with Crippen molar-refractivity contribution in [1.29, 1.82) is 0 Å². The molecule has 0 aliphatic heterocycles. The molecule has 0 atom stereocenters. The first-order valence-electron chi connectivity index (χ1n) is 5.64. The smallest absolute Gasteiger partial charge is 0.206 e. The van der Waals surface area contributed by atoms with E-state index in [1.165, 1.54) is 30.3 Å². The van der Waals surface area contributed by atoms with E-state index < -0.39 is 15.8 Å². The second-order valence-electron chi connectivity index (χ2n) is 3.94. The molecule has 21 heavy (non-hydrogen) atoms. The fraction of sp³-hybridized carbons (Fsp3) is 0. The van der Waals surface area contributed by atoms with Crippen molar-refractivity contribution in [3.05, 3.63) is 63.3 Å². The fourth-order valence-corrected chi connectivity index (χ4v) is 2.73. The quantitative estimate of drug-likeness (QED) is 0.640. The molecule has 0 heterocycles. The molecule has 0 radical (unpaired) electrons. The Morgan fingerprint density at radius 1 is 1.19 bits per heavy atom. The number of sulfonamides is 1. The molecule has 0 unspecified atom stereocenters. The highest BCUT2D eigenvalue weighted by molar-refractivity contribution is 9.10. The molecule has 2 rings (SSSR count). The number of halogens is 3. The summed E-state index contributed by atoms with van der Waals surface area (Å²) in [6.45, 7) is 0. The first-order chi connectivity index (χ1) is 9.90. The molecule has 0 saturated heterocycles. The molecule has 0 spiro atoms. The fourth-order valence-electron chi connectivity index (χ4n) is 1.46. The summed E-state index contributed by atoms with van der Waals surface area (Å²) >= 11 is 9.01. The van der Waals surface area contributed by atoms with Crippen molar-refractivity contribution in [3.8, 4) is 0 Å². The molecule has 0 aliphatic rings. The summed E-state index contributed by atoms with van der Waals surface area (Å²) in [4.78, 5) is 2.04. The number of hydrazone groups is 1. The summed E-state index contributed by atoms with van der Waals surface area (Å²) in [7, 11) is -3.81. The number of hydrogen-bond donors (Lipinski definition) is 1. The average Bonchev–Trinajstić information content (AvgIpc) is 2.42. The predicted molar refractivity (Wildman–Crippen MR) is 83.5 cm³/mol. The van der Waals surface area contributed by atoms with Gasteiger partial charge in [-0.15, -0.1) is 0 Å². The summed E-state index contributed by atoms with van der Waals surface area (Å²) < 4.78 is 38.1. The van der Waals surface area contributed by atoms with E-state index in [0.29, 0.717) is 0 Å². The van der Waals surface area contributed by atoms with Crippen LogP contribution in [0, 0.1) is 5.82 Å². The minimum atomic E-state index is -3.81. The number of rotatable bonds is 4. The van der Waals surface area contributed by atoms with E-state index >= 15 is 0 Å². The normalized spacial score (nSPS) is 11.8. The van der Waals surface area contributed by atoms with Crippen LogP contribution in [-0.4, -0.2) is 14.6 Å². The third-order valence-electron chi connectivity index (χ3n) is 2.49. The van der Waals surface area contributed by atoms with Crippen LogP contribution in [0.15, 0.2) is 56.9 Å². The second kappa shape index (κ2) is 6.55. The molecule has 1 N–H and O–H groups in total. The van der Waals surface area contributed by atoms with Gasteiger partial charge in [-0.25, -0.2) is 9.22 Å². The minimum Gasteiger partial charge on any atom is -0.206 e. The first-order valence-corrected chi connectivity index (χ1v) is 8.30. The largest absolute Gasteiger partial charge is 0.276 e. The van der Waals surface area contributed by atoms with Crippen LogP contribution >= 0.6 is 27.5 Å². The predicted octanol–water partition coefficient (Wildman–Crippen LogP) is 3.55. The Balaban J connectivity index is 2.19. The number of benzene rings is 2. The van der Waals surface area contributed by atoms with Gasteiger partial charge < -0.3 is 0 Å². The lowest BCUT2D eigenvalue weighted by atomic mass is 10.2. The zero-order valence-corrected chi connectivity index (χ0v) is 13.6. The summed E-state index contributed by atoms with van der Waals surface area (Å²) in [5.74, 6) is -0.589. The van der Waals surface area contributed by atoms with Gasteiger partial charge in [0.25, 0.3) is 10.0 Å². The van der Waals surface area contributed by atoms with Gasteiger partial charge in [-0.05, 0) is 36.4 Å². The molecule has 8 heteroatoms. The van der Waals surface area contributed by atoms with E-state index in [4.69, 9.17) is 11.6 Å². The van der Waals surface area contributed by atoms with Gasteiger partial charge in [0, 0.05) is 10.0 Å². The van der Waals surface area contributed by atoms with Gasteiger partial charge in [0.2, 0.25) is 0 Å². The van der Waals surface area contributed by atoms with Gasteiger partial charge in [0.05, 0.1) is 16.1 Å². The van der Waals surface area contributed by atoms with Crippen molar-refractivity contribution in [2.45, 2.75) is 4.90 Å². The van der Waals surface area contributed by atoms with E-state index in [9.17, 15) is 12.8 Å². The Morgan fingerprint density at radius 2 is 1.86 bits per heavy atom. The molecule has 0 amide bonds. The molecule has 0 bridgehead atoms. The third kappa shape index (κ3) is 4.03. The number of nitrogens with one attached hydrogen (secondary N) is 1. The van der Waals surface area contributed by atoms with Crippen LogP contribution in [-0.2, 0) is 10.0 Å². The lowest BCUT2D eigenvalue weighted by molar-refractivity contribution is 0.584. The maximum Gasteiger partial charge on any atom is 0.276 e. The minimum absolute atomic E-state index is 0.0117. The Bertz CT molecular complexity index is 759. The highest BCUT2D eigenvalue weighted by Gasteiger charge is 2.12. The Labute approximate surface area is 134 Å². The van der Waals surface area contributed by atoms with Crippen LogP contribution in [0.25, 0.3) is 0 Å². The summed E-state index contributed by atoms with van der Waals surface area (Å²) in [5, 5.41) is 3.67. The molecule has 4 nitrogen and oxygen atoms in total. The van der Waals surface area contributed by atoms with Crippen LogP contribution in [0.5, 0.6) is 0 Å². The molecule has 0 saturated carbocycles. The zero-order chi connectivity index (χ0) is 15.5. The van der Waals surface area contributed by atoms with Crippen molar-refractivity contribution in [2.24, 2.45) is 5.10 Å². The first kappa shape index (κ1) is 15.9. The van der Waals surface area contributed by atoms with Gasteiger partial charge in [-0.1, -0.05) is 33.6 Å². The van der Waals surface area contributed by atoms with Crippen LogP contribution < -0.4 is 4.83 Å². The van der Waals surface area contributed by atoms with Crippen molar-refractivity contribution in [1.82, 2.24) is 4.83 Å². The molecular formula is C13H9BrClFN2O2S. The Morgan fingerprint density at radius 3 is 2.48 bits per heavy atom. The summed E-state index contributed by atoms with van der Waals surface area (Å²) in [5.41, 5.74) is 0.0117. The van der Waals surface area contributed by atoms with E-state index in [1.54, 1.807) is 12.1 Å². The Kier molecular flexibility index (Phi) is 4.97. The number of nitrogens with zero attached hydrogens (tertiary/aromatic N) is 1. The maximum absolute atomic E-state index is 13.5. The lowest BCUT2D eigenvalue weighted by Gasteiger charge is -2.04. The zero-order valence-electron chi connectivity index (χ0n) is 10.4. The van der Waals surface area contributed by atoms with Gasteiger partial charge in [0.1, 0.15) is 5.82 Å². The molecule has 0 aromatic heterocycles. The van der Waals surface area contributed by atoms with Crippen molar-refractivity contribution in [2.75, 3.05) is 0 Å². The monoisotopic (exact) mass is 390 g/mol. The van der Waals surface area contributed by atoms with Gasteiger partial charge in [-0.2, -0.15) is 13.5 Å². The third-order valence-corrected chi connectivity index (χ3v) is 4.59. The topological polar surface area (TPSA) is 58.5 Å². The SMILES string of the molecule is O=S(=O)(N/N=C/c1c(F)cccc1Cl)c1ccc(Br)cc1. The van der Waals surface area contributed by atoms with Gasteiger partial charge in [-0.3, -0.25) is 0 Å². The standard InChI is InChI=1S/C13H9BrClFN2O2S/c14-9-4-6-10(7-5-9)21(19,20)18-17-8-11-12(15)2-1-3-13(11)16/h1-8,18H/b17-8+. The molecule has 0 fully saturated rings. The Hall–Kier alpha value is -1.44. The van der Waals surface area contributed by atoms with Crippen LogP contribution in [0.2, 0.25) is 5.02 Å². The summed E-state index contributed by atoms with van der Waals surface area (Å²) in [6.07, 6.45) is 1.02. The van der Waals surface area contributed by atoms with Crippen LogP contribution in [0.4, 0.5) is 4.39 Å². The summed E-state index contributed by atoms with van der Waals surface area (Å²) in [6, 6.07) is 10.1. The van der Waals surface area contributed by atoms with E-state index in [0.717, 1.165) is 10.7 Å². The number of hydrogen-bond acceptors (Lipinski definition) is 3. The molecule has 0 aliphatic carbocycles. The van der Waals surface area contributed by atoms with E-state index in [-0.39, 0.29) is 15.5 Å². The van der Waals surface area contributed by atoms with Crippen molar-refractivity contribution < 1.29 is 12.8 Å². The van der Waals surface area contributed by atoms with Crippen molar-refractivity contribution in [3.63, 3.8) is 0 Å². The highest BCUT2D eigenvalue weighted by atomic mass is 79.9. The molecular weight excluding hydrogens is 383 g/mol. The molecule has 2 aromatic carbocycles. The molecule has 2 aromatic rings. The van der Waals surface area contributed by atoms with Crippen LogP contribution in [0.3, 0.4) is 0 Å². The van der Waals surface area contributed by atoms with E-state index in [1.807, 2.05) is 4.83 Å². The maximum atomic E-state index is 13.5. The molecule has 110 valence electrons. The second-order valence-corrected chi connectivity index (χ2v) is 6.93. The van der Waals surface area contributed by atoms with Gasteiger partial charge >= 0.3 is 0 Å². The van der Waals surface area contributed by atoms with E-state index in [2.05, 4.69) is 21.0 Å². The van der Waals surface area contributed by atoms with Crippen LogP contribution in [0.1, 0.15) is 5.56 Å². The van der Waals surface area contributed by atoms with Gasteiger partial charge in [0.15, 0.2) is 0 Å². The van der Waals surface area contributed by atoms with Crippen molar-refractivity contribution >= 4 is 43.8 Å². The lowest BCUT2D eigenvalue weighted by Crippen LogP contribution is -2.18. The average molecular weight is 392 g/mol.